The van der Waals surface area contributed by atoms with E-state index >= 15 is 0 Å². The van der Waals surface area contributed by atoms with Crippen LogP contribution in [0.15, 0.2) is 30.3 Å². The van der Waals surface area contributed by atoms with Crippen LogP contribution in [0, 0.1) is 28.1 Å². The zero-order chi connectivity index (χ0) is 17.3. The van der Waals surface area contributed by atoms with Crippen LogP contribution < -0.4 is 0 Å². The fourth-order valence-corrected chi connectivity index (χ4v) is 7.10. The molecule has 25 heavy (non-hydrogen) atoms. The van der Waals surface area contributed by atoms with Gasteiger partial charge in [-0.1, -0.05) is 44.2 Å². The lowest BCUT2D eigenvalue weighted by Crippen LogP contribution is -2.72. The van der Waals surface area contributed by atoms with Gasteiger partial charge in [-0.2, -0.15) is 0 Å². The Morgan fingerprint density at radius 3 is 2.80 bits per heavy atom. The number of hydrogen-bond donors (Lipinski definition) is 0. The van der Waals surface area contributed by atoms with Crippen LogP contribution in [0.25, 0.3) is 0 Å². The lowest BCUT2D eigenvalue weighted by molar-refractivity contribution is -0.245. The summed E-state index contributed by atoms with van der Waals surface area (Å²) >= 11 is 0. The van der Waals surface area contributed by atoms with Gasteiger partial charge in [0.15, 0.2) is 0 Å². The largest absolute Gasteiger partial charge is 0.376 e. The maximum absolute atomic E-state index is 12.8. The first kappa shape index (κ1) is 16.0. The second kappa shape index (κ2) is 5.17. The fraction of sp³-hybridized carbons (Fsp3) is 0.682. The maximum atomic E-state index is 12.8. The molecule has 1 aliphatic heterocycles. The van der Waals surface area contributed by atoms with E-state index in [1.807, 2.05) is 6.07 Å². The van der Waals surface area contributed by atoms with E-state index in [1.165, 1.54) is 12.0 Å². The molecule has 4 fully saturated rings. The monoisotopic (exact) mass is 340 g/mol. The minimum absolute atomic E-state index is 0.159. The van der Waals surface area contributed by atoms with E-state index in [4.69, 9.17) is 9.47 Å². The summed E-state index contributed by atoms with van der Waals surface area (Å²) < 4.78 is 12.4. The van der Waals surface area contributed by atoms with Gasteiger partial charge in [-0.15, -0.1) is 0 Å². The molecule has 134 valence electrons. The van der Waals surface area contributed by atoms with Crippen molar-refractivity contribution in [2.45, 2.75) is 52.2 Å². The molecule has 1 aromatic carbocycles. The summed E-state index contributed by atoms with van der Waals surface area (Å²) in [4.78, 5) is 12.8. The second-order valence-electron chi connectivity index (χ2n) is 9.20. The van der Waals surface area contributed by atoms with Crippen LogP contribution in [0.3, 0.4) is 0 Å². The van der Waals surface area contributed by atoms with E-state index in [9.17, 15) is 4.79 Å². The number of fused-ring (bicyclic) bond motifs is 1. The first-order valence-corrected chi connectivity index (χ1v) is 9.79. The highest BCUT2D eigenvalue weighted by atomic mass is 16.5. The molecule has 1 spiro atoms. The predicted molar refractivity (Wildman–Crippen MR) is 94.9 cm³/mol. The average molecular weight is 340 g/mol. The topological polar surface area (TPSA) is 35.5 Å². The highest BCUT2D eigenvalue weighted by Crippen LogP contribution is 2.83. The molecule has 0 bridgehead atoms. The Bertz CT molecular complexity index is 700. The van der Waals surface area contributed by atoms with Crippen molar-refractivity contribution >= 4 is 5.78 Å². The maximum Gasteiger partial charge on any atom is 0.142 e. The van der Waals surface area contributed by atoms with Crippen molar-refractivity contribution in [2.24, 2.45) is 28.1 Å². The highest BCUT2D eigenvalue weighted by molar-refractivity contribution is 5.91. The van der Waals surface area contributed by atoms with Crippen LogP contribution in [0.2, 0.25) is 0 Å². The van der Waals surface area contributed by atoms with E-state index in [-0.39, 0.29) is 22.3 Å². The summed E-state index contributed by atoms with van der Waals surface area (Å²) in [5.41, 5.74) is 1.47. The Labute approximate surface area is 150 Å². The first-order valence-electron chi connectivity index (χ1n) is 9.79. The van der Waals surface area contributed by atoms with Gasteiger partial charge in [-0.3, -0.25) is 4.79 Å². The van der Waals surface area contributed by atoms with Crippen molar-refractivity contribution in [1.29, 1.82) is 0 Å². The molecule has 0 unspecified atom stereocenters. The number of ether oxygens (including phenoxy) is 2. The van der Waals surface area contributed by atoms with Crippen LogP contribution in [0.4, 0.5) is 0 Å². The van der Waals surface area contributed by atoms with E-state index < -0.39 is 0 Å². The Hall–Kier alpha value is -1.19. The molecule has 1 saturated heterocycles. The van der Waals surface area contributed by atoms with Gasteiger partial charge < -0.3 is 9.47 Å². The molecule has 1 aromatic rings. The third-order valence-electron chi connectivity index (χ3n) is 8.59. The summed E-state index contributed by atoms with van der Waals surface area (Å²) in [6.45, 7) is 6.85. The number of benzene rings is 1. The summed E-state index contributed by atoms with van der Waals surface area (Å²) in [5, 5.41) is 0. The lowest BCUT2D eigenvalue weighted by Gasteiger charge is -2.71. The van der Waals surface area contributed by atoms with Crippen molar-refractivity contribution < 1.29 is 14.3 Å². The number of carbonyl (C=O) groups excluding carboxylic acids is 1. The van der Waals surface area contributed by atoms with Crippen molar-refractivity contribution in [1.82, 2.24) is 0 Å². The SMILES string of the molecule is C[C@]12CCC(=O)[C@]13CO[C@@H]1[C@@H](COCc4ccccc4)CC[C@@]2(C)[C@@H]13. The molecule has 3 nitrogen and oxygen atoms in total. The Balaban J connectivity index is 1.32. The van der Waals surface area contributed by atoms with Crippen molar-refractivity contribution in [3.63, 3.8) is 0 Å². The predicted octanol–water partition coefficient (Wildman–Crippen LogP) is 4.00. The number of Topliss-reactive ketones (excluding diaryl/α,β-unsaturated/α-hetero) is 1. The van der Waals surface area contributed by atoms with Crippen molar-refractivity contribution in [3.8, 4) is 0 Å². The Morgan fingerprint density at radius 1 is 1.20 bits per heavy atom. The molecule has 1 heterocycles. The molecular weight excluding hydrogens is 312 g/mol. The Morgan fingerprint density at radius 2 is 2.00 bits per heavy atom. The minimum Gasteiger partial charge on any atom is -0.376 e. The van der Waals surface area contributed by atoms with Gasteiger partial charge in [0.2, 0.25) is 0 Å². The van der Waals surface area contributed by atoms with Crippen molar-refractivity contribution in [2.75, 3.05) is 13.2 Å². The van der Waals surface area contributed by atoms with Gasteiger partial charge >= 0.3 is 0 Å². The number of ketones is 1. The quantitative estimate of drug-likeness (QED) is 0.831. The molecule has 0 N–H and O–H groups in total. The summed E-state index contributed by atoms with van der Waals surface area (Å²) in [5.74, 6) is 1.32. The molecule has 3 aliphatic carbocycles. The molecule has 0 radical (unpaired) electrons. The molecular formula is C22H28O3. The highest BCUT2D eigenvalue weighted by Gasteiger charge is 2.84. The standard InChI is InChI=1S/C22H28O3/c1-20-10-8-16(13-24-12-15-6-4-3-5-7-15)18-19(20)22(14-25-18)17(23)9-11-21(20,22)2/h3-7,16,18-19H,8-14H2,1-2H3/t16-,18-,19-,20+,21-,22+/m1/s1. The number of carbonyl (C=O) groups is 1. The molecule has 3 saturated carbocycles. The van der Waals surface area contributed by atoms with Crippen LogP contribution >= 0.6 is 0 Å². The minimum atomic E-state index is -0.176. The third-order valence-corrected chi connectivity index (χ3v) is 8.59. The third kappa shape index (κ3) is 1.77. The smallest absolute Gasteiger partial charge is 0.142 e. The second-order valence-corrected chi connectivity index (χ2v) is 9.20. The molecule has 4 aliphatic rings. The molecule has 6 atom stereocenters. The van der Waals surface area contributed by atoms with Crippen LogP contribution in [0.5, 0.6) is 0 Å². The summed E-state index contributed by atoms with van der Waals surface area (Å²) in [6.07, 6.45) is 4.40. The van der Waals surface area contributed by atoms with Crippen molar-refractivity contribution in [3.05, 3.63) is 35.9 Å². The van der Waals surface area contributed by atoms with Gasteiger partial charge in [-0.25, -0.2) is 0 Å². The summed E-state index contributed by atoms with van der Waals surface area (Å²) in [6, 6.07) is 10.3. The zero-order valence-electron chi connectivity index (χ0n) is 15.3. The van der Waals surface area contributed by atoms with Crippen LogP contribution in [-0.4, -0.2) is 25.1 Å². The molecule has 0 amide bonds. The number of rotatable bonds is 4. The fourth-order valence-electron chi connectivity index (χ4n) is 7.10. The van der Waals surface area contributed by atoms with Gasteiger partial charge in [0.05, 0.1) is 31.3 Å². The van der Waals surface area contributed by atoms with E-state index in [2.05, 4.69) is 38.1 Å². The molecule has 3 heteroatoms. The van der Waals surface area contributed by atoms with E-state index in [0.717, 1.165) is 25.9 Å². The average Bonchev–Trinajstić information content (AvgIpc) is 3.13. The lowest BCUT2D eigenvalue weighted by atomic mass is 9.30. The van der Waals surface area contributed by atoms with Gasteiger partial charge in [0.25, 0.3) is 0 Å². The normalized spacial score (nSPS) is 47.3. The Kier molecular flexibility index (Phi) is 3.31. The molecule has 0 aromatic heterocycles. The van der Waals surface area contributed by atoms with Gasteiger partial charge in [-0.05, 0) is 35.7 Å². The number of hydrogen-bond acceptors (Lipinski definition) is 3. The van der Waals surface area contributed by atoms with Gasteiger partial charge in [0.1, 0.15) is 5.78 Å². The van der Waals surface area contributed by atoms with Crippen LogP contribution in [0.1, 0.15) is 45.1 Å². The van der Waals surface area contributed by atoms with E-state index in [1.54, 1.807) is 0 Å². The van der Waals surface area contributed by atoms with Gasteiger partial charge in [0, 0.05) is 18.3 Å². The first-order chi connectivity index (χ1) is 12.0. The van der Waals surface area contributed by atoms with Crippen LogP contribution in [-0.2, 0) is 20.9 Å². The van der Waals surface area contributed by atoms with E-state index in [0.29, 0.717) is 30.8 Å². The zero-order valence-corrected chi connectivity index (χ0v) is 15.3. The summed E-state index contributed by atoms with van der Waals surface area (Å²) in [7, 11) is 0. The molecule has 5 rings (SSSR count).